The van der Waals surface area contributed by atoms with Crippen LogP contribution in [0.5, 0.6) is 0 Å². The molecule has 0 heterocycles. The van der Waals surface area contributed by atoms with Gasteiger partial charge in [-0.1, -0.05) is 13.8 Å². The van der Waals surface area contributed by atoms with E-state index in [0.717, 1.165) is 0 Å². The first-order valence-electron chi connectivity index (χ1n) is 3.87. The SMILES string of the molecule is [B]C(O)(O)C([B])([B])ONC(=O)C(C)C. The lowest BCUT2D eigenvalue weighted by atomic mass is 9.54. The zero-order valence-corrected chi connectivity index (χ0v) is 8.02. The number of carbonyl (C=O) groups is 1. The fraction of sp³-hybridized carbons (Fsp3) is 0.833. The highest BCUT2D eigenvalue weighted by Gasteiger charge is 2.37. The van der Waals surface area contributed by atoms with Crippen molar-refractivity contribution in [1.82, 2.24) is 5.48 Å². The van der Waals surface area contributed by atoms with E-state index in [1.54, 1.807) is 13.8 Å². The molecule has 0 aliphatic heterocycles. The minimum atomic E-state index is -2.96. The Bertz CT molecular complexity index is 214. The fourth-order valence-corrected chi connectivity index (χ4v) is 0.328. The van der Waals surface area contributed by atoms with Gasteiger partial charge in [-0.15, -0.1) is 0 Å². The molecule has 0 rings (SSSR count). The Kier molecular flexibility index (Phi) is 4.23. The molecule has 0 bridgehead atoms. The third-order valence-electron chi connectivity index (χ3n) is 1.42. The summed E-state index contributed by atoms with van der Waals surface area (Å²) >= 11 is 0. The Morgan fingerprint density at radius 2 is 1.79 bits per heavy atom. The lowest BCUT2D eigenvalue weighted by Crippen LogP contribution is -2.60. The van der Waals surface area contributed by atoms with E-state index in [1.165, 1.54) is 0 Å². The largest absolute Gasteiger partial charge is 0.374 e. The molecule has 0 aromatic carbocycles. The fourth-order valence-electron chi connectivity index (χ4n) is 0.328. The van der Waals surface area contributed by atoms with E-state index in [4.69, 9.17) is 33.8 Å². The number of hydroxylamine groups is 1. The van der Waals surface area contributed by atoms with Crippen LogP contribution in [0.4, 0.5) is 0 Å². The van der Waals surface area contributed by atoms with Crippen molar-refractivity contribution in [3.05, 3.63) is 0 Å². The molecule has 0 aromatic rings. The van der Waals surface area contributed by atoms with Crippen LogP contribution < -0.4 is 5.48 Å². The molecule has 0 aliphatic rings. The van der Waals surface area contributed by atoms with Crippen LogP contribution >= 0.6 is 0 Å². The van der Waals surface area contributed by atoms with Gasteiger partial charge >= 0.3 is 0 Å². The van der Waals surface area contributed by atoms with Crippen molar-refractivity contribution in [2.75, 3.05) is 0 Å². The molecular formula is C6H10B3NO4. The van der Waals surface area contributed by atoms with Gasteiger partial charge in [0.2, 0.25) is 5.91 Å². The maximum atomic E-state index is 11.0. The smallest absolute Gasteiger partial charge is 0.246 e. The molecule has 3 N–H and O–H groups in total. The molecule has 0 saturated heterocycles. The van der Waals surface area contributed by atoms with Gasteiger partial charge in [-0.05, 0) is 0 Å². The van der Waals surface area contributed by atoms with Crippen LogP contribution in [0.3, 0.4) is 0 Å². The van der Waals surface area contributed by atoms with Crippen molar-refractivity contribution in [3.8, 4) is 0 Å². The maximum absolute atomic E-state index is 11.0. The molecule has 1 amide bonds. The predicted octanol–water partition coefficient (Wildman–Crippen LogP) is -2.51. The molecule has 72 valence electrons. The summed E-state index contributed by atoms with van der Waals surface area (Å²) in [7, 11) is 14.9. The van der Waals surface area contributed by atoms with Crippen LogP contribution in [0, 0.1) is 5.92 Å². The summed E-state index contributed by atoms with van der Waals surface area (Å²) in [5, 5.41) is 15.1. The van der Waals surface area contributed by atoms with E-state index >= 15 is 0 Å². The Labute approximate surface area is 86.4 Å². The second kappa shape index (κ2) is 4.38. The van der Waals surface area contributed by atoms with Crippen molar-refractivity contribution in [2.45, 2.75) is 24.9 Å². The molecule has 0 fully saturated rings. The Hall–Kier alpha value is -0.455. The van der Waals surface area contributed by atoms with Crippen LogP contribution in [-0.4, -0.2) is 50.7 Å². The molecule has 0 unspecified atom stereocenters. The van der Waals surface area contributed by atoms with E-state index in [9.17, 15) is 4.79 Å². The monoisotopic (exact) mass is 193 g/mol. The second-order valence-corrected chi connectivity index (χ2v) is 3.24. The third-order valence-corrected chi connectivity index (χ3v) is 1.42. The van der Waals surface area contributed by atoms with Gasteiger partial charge in [-0.2, -0.15) is 0 Å². The second-order valence-electron chi connectivity index (χ2n) is 3.24. The molecule has 0 spiro atoms. The highest BCUT2D eigenvalue weighted by atomic mass is 16.7. The number of rotatable bonds is 4. The Morgan fingerprint density at radius 1 is 1.36 bits per heavy atom. The van der Waals surface area contributed by atoms with E-state index < -0.39 is 17.0 Å². The van der Waals surface area contributed by atoms with Crippen molar-refractivity contribution in [2.24, 2.45) is 5.92 Å². The quantitative estimate of drug-likeness (QED) is 0.261. The van der Waals surface area contributed by atoms with Crippen molar-refractivity contribution in [1.29, 1.82) is 0 Å². The van der Waals surface area contributed by atoms with Gasteiger partial charge in [0.15, 0.2) is 7.85 Å². The van der Waals surface area contributed by atoms with Gasteiger partial charge in [-0.3, -0.25) is 9.63 Å². The first-order valence-corrected chi connectivity index (χ1v) is 3.87. The Morgan fingerprint density at radius 3 is 2.07 bits per heavy atom. The molecule has 0 atom stereocenters. The van der Waals surface area contributed by atoms with Crippen molar-refractivity contribution in [3.63, 3.8) is 0 Å². The van der Waals surface area contributed by atoms with Gasteiger partial charge < -0.3 is 10.2 Å². The van der Waals surface area contributed by atoms with Gasteiger partial charge in [0.25, 0.3) is 0 Å². The average molecular weight is 193 g/mol. The van der Waals surface area contributed by atoms with Gasteiger partial charge in [-0.25, -0.2) is 5.48 Å². The standard InChI is InChI=1S/C6H10B3NO4/c1-3(2)4(11)10-14-5(7,8)6(9,12)13/h3,12-13H,1-2H3,(H,10,11). The summed E-state index contributed by atoms with van der Waals surface area (Å²) in [5.41, 5.74) is -1.12. The highest BCUT2D eigenvalue weighted by molar-refractivity contribution is 6.43. The van der Waals surface area contributed by atoms with Crippen LogP contribution in [0.15, 0.2) is 0 Å². The van der Waals surface area contributed by atoms with Crippen molar-refractivity contribution < 1.29 is 19.8 Å². The number of aliphatic hydroxyl groups is 2. The van der Waals surface area contributed by atoms with Gasteiger partial charge in [0, 0.05) is 5.92 Å². The molecule has 8 heteroatoms. The Balaban J connectivity index is 4.20. The molecular weight excluding hydrogens is 183 g/mol. The number of hydrogen-bond donors (Lipinski definition) is 3. The third kappa shape index (κ3) is 3.73. The van der Waals surface area contributed by atoms with Crippen LogP contribution in [0.1, 0.15) is 13.8 Å². The van der Waals surface area contributed by atoms with Gasteiger partial charge in [0.05, 0.1) is 5.40 Å². The molecule has 6 radical (unpaired) electrons. The molecule has 0 aromatic heterocycles. The zero-order chi connectivity index (χ0) is 11.6. The summed E-state index contributed by atoms with van der Waals surface area (Å²) in [6, 6.07) is 0. The minimum absolute atomic E-state index is 0.365. The van der Waals surface area contributed by atoms with E-state index in [2.05, 4.69) is 4.84 Å². The lowest BCUT2D eigenvalue weighted by Gasteiger charge is -2.36. The molecule has 5 nitrogen and oxygen atoms in total. The van der Waals surface area contributed by atoms with Crippen LogP contribution in [-0.2, 0) is 9.63 Å². The topological polar surface area (TPSA) is 78.8 Å². The maximum Gasteiger partial charge on any atom is 0.246 e. The van der Waals surface area contributed by atoms with E-state index in [1.807, 2.05) is 5.48 Å². The molecule has 0 aliphatic carbocycles. The first-order chi connectivity index (χ1) is 6.08. The van der Waals surface area contributed by atoms with Crippen LogP contribution in [0.2, 0.25) is 0 Å². The number of carbonyl (C=O) groups excluding carboxylic acids is 1. The van der Waals surface area contributed by atoms with Crippen molar-refractivity contribution >= 4 is 29.4 Å². The van der Waals surface area contributed by atoms with E-state index in [0.29, 0.717) is 0 Å². The van der Waals surface area contributed by atoms with E-state index in [-0.39, 0.29) is 5.92 Å². The summed E-state index contributed by atoms with van der Waals surface area (Å²) < 4.78 is 0. The summed E-state index contributed by atoms with van der Waals surface area (Å²) in [6.07, 6.45) is 0. The van der Waals surface area contributed by atoms with Gasteiger partial charge in [0.1, 0.15) is 21.4 Å². The summed E-state index contributed by atoms with van der Waals surface area (Å²) in [4.78, 5) is 15.3. The number of hydrogen-bond acceptors (Lipinski definition) is 4. The average Bonchev–Trinajstić information content (AvgIpc) is 1.97. The summed E-state index contributed by atoms with van der Waals surface area (Å²) in [6.45, 7) is 3.20. The zero-order valence-electron chi connectivity index (χ0n) is 8.02. The number of amides is 1. The first kappa shape index (κ1) is 13.5. The molecule has 14 heavy (non-hydrogen) atoms. The lowest BCUT2D eigenvalue weighted by molar-refractivity contribution is -0.194. The normalized spacial score (nSPS) is 12.9. The molecule has 0 saturated carbocycles. The number of nitrogens with one attached hydrogen (secondary N) is 1. The highest BCUT2D eigenvalue weighted by Crippen LogP contribution is 2.12. The minimum Gasteiger partial charge on any atom is -0.374 e. The van der Waals surface area contributed by atoms with Crippen LogP contribution in [0.25, 0.3) is 0 Å². The predicted molar refractivity (Wildman–Crippen MR) is 51.2 cm³/mol. The summed E-state index contributed by atoms with van der Waals surface area (Å²) in [5.74, 6) is -0.884.